The number of benzene rings is 2. The number of rotatable bonds is 4. The zero-order valence-electron chi connectivity index (χ0n) is 16.3. The van der Waals surface area contributed by atoms with Crippen LogP contribution in [0.25, 0.3) is 5.76 Å². The van der Waals surface area contributed by atoms with E-state index in [4.69, 9.17) is 0 Å². The molecule has 0 radical (unpaired) electrons. The molecule has 150 valence electrons. The van der Waals surface area contributed by atoms with E-state index in [1.165, 1.54) is 11.0 Å². The first-order valence-electron chi connectivity index (χ1n) is 9.61. The first-order valence-corrected chi connectivity index (χ1v) is 9.61. The van der Waals surface area contributed by atoms with Crippen molar-refractivity contribution in [2.75, 3.05) is 4.90 Å². The third kappa shape index (κ3) is 3.22. The number of aromatic nitrogens is 1. The number of carbonyl (C=O) groups excluding carboxylic acids is 2. The minimum atomic E-state index is -0.896. The summed E-state index contributed by atoms with van der Waals surface area (Å²) in [5.74, 6) is -2.01. The minimum Gasteiger partial charge on any atom is -0.507 e. The Bertz CT molecular complexity index is 1140. The molecule has 1 saturated heterocycles. The Morgan fingerprint density at radius 2 is 1.67 bits per heavy atom. The Morgan fingerprint density at radius 1 is 1.00 bits per heavy atom. The molecule has 4 rings (SSSR count). The molecule has 0 aliphatic carbocycles. The van der Waals surface area contributed by atoms with Gasteiger partial charge in [0.2, 0.25) is 0 Å². The van der Waals surface area contributed by atoms with E-state index < -0.39 is 17.7 Å². The highest BCUT2D eigenvalue weighted by Crippen LogP contribution is 2.44. The number of amides is 1. The summed E-state index contributed by atoms with van der Waals surface area (Å²) in [6, 6.07) is 16.0. The van der Waals surface area contributed by atoms with Crippen molar-refractivity contribution >= 4 is 23.1 Å². The Balaban J connectivity index is 1.93. The topological polar surface area (TPSA) is 90.7 Å². The molecule has 1 aromatic heterocycles. The van der Waals surface area contributed by atoms with Crippen LogP contribution in [0.4, 0.5) is 5.69 Å². The summed E-state index contributed by atoms with van der Waals surface area (Å²) in [6.45, 7) is 2.02. The number of anilines is 1. The van der Waals surface area contributed by atoms with Crippen LogP contribution in [0, 0.1) is 0 Å². The van der Waals surface area contributed by atoms with E-state index in [-0.39, 0.29) is 22.8 Å². The third-order valence-corrected chi connectivity index (χ3v) is 5.24. The van der Waals surface area contributed by atoms with Crippen molar-refractivity contribution in [3.8, 4) is 5.75 Å². The maximum Gasteiger partial charge on any atom is 0.300 e. The SMILES string of the molecule is CCc1ccc(/C(O)=C2\C(=O)C(=O)N(c3ccccc3O)C2c2ccncc2)cc1. The zero-order chi connectivity index (χ0) is 21.3. The Hall–Kier alpha value is -3.93. The largest absolute Gasteiger partial charge is 0.507 e. The smallest absolute Gasteiger partial charge is 0.300 e. The second-order valence-corrected chi connectivity index (χ2v) is 6.99. The number of aliphatic hydroxyl groups is 1. The number of aromatic hydroxyl groups is 1. The van der Waals surface area contributed by atoms with Crippen LogP contribution in [-0.4, -0.2) is 26.9 Å². The lowest BCUT2D eigenvalue weighted by atomic mass is 9.95. The average molecular weight is 400 g/mol. The van der Waals surface area contributed by atoms with Crippen LogP contribution in [0.5, 0.6) is 5.75 Å². The molecule has 2 aromatic carbocycles. The number of ketones is 1. The number of hydrogen-bond donors (Lipinski definition) is 2. The molecule has 1 aliphatic heterocycles. The number of phenols is 1. The van der Waals surface area contributed by atoms with Crippen LogP contribution in [0.3, 0.4) is 0 Å². The van der Waals surface area contributed by atoms with Crippen molar-refractivity contribution in [3.05, 3.63) is 95.3 Å². The van der Waals surface area contributed by atoms with Gasteiger partial charge in [0.25, 0.3) is 11.7 Å². The van der Waals surface area contributed by atoms with Gasteiger partial charge in [-0.05, 0) is 41.8 Å². The maximum absolute atomic E-state index is 13.0. The molecule has 1 unspecified atom stereocenters. The molecular weight excluding hydrogens is 380 g/mol. The first-order chi connectivity index (χ1) is 14.5. The maximum atomic E-state index is 13.0. The Morgan fingerprint density at radius 3 is 2.30 bits per heavy atom. The first kappa shape index (κ1) is 19.4. The van der Waals surface area contributed by atoms with Crippen LogP contribution < -0.4 is 4.90 Å². The number of aliphatic hydroxyl groups excluding tert-OH is 1. The van der Waals surface area contributed by atoms with Gasteiger partial charge in [-0.15, -0.1) is 0 Å². The molecule has 2 heterocycles. The lowest BCUT2D eigenvalue weighted by Crippen LogP contribution is -2.29. The van der Waals surface area contributed by atoms with Gasteiger partial charge in [0.15, 0.2) is 0 Å². The summed E-state index contributed by atoms with van der Waals surface area (Å²) in [5.41, 5.74) is 2.30. The lowest BCUT2D eigenvalue weighted by molar-refractivity contribution is -0.132. The van der Waals surface area contributed by atoms with Crippen LogP contribution >= 0.6 is 0 Å². The van der Waals surface area contributed by atoms with Crippen LogP contribution in [-0.2, 0) is 16.0 Å². The summed E-state index contributed by atoms with van der Waals surface area (Å²) in [7, 11) is 0. The standard InChI is InChI=1S/C24H20N2O4/c1-2-15-7-9-17(10-8-15)22(28)20-21(16-11-13-25-14-12-16)26(24(30)23(20)29)18-5-3-4-6-19(18)27/h3-14,21,27-28H,2H2,1H3/b22-20+. The highest BCUT2D eigenvalue weighted by Gasteiger charge is 2.47. The van der Waals surface area contributed by atoms with Gasteiger partial charge in [-0.3, -0.25) is 19.5 Å². The molecule has 1 amide bonds. The van der Waals surface area contributed by atoms with Crippen LogP contribution in [0.15, 0.2) is 78.6 Å². The molecular formula is C24H20N2O4. The number of para-hydroxylation sites is 2. The predicted octanol–water partition coefficient (Wildman–Crippen LogP) is 3.98. The Kier molecular flexibility index (Phi) is 5.06. The molecule has 1 aliphatic rings. The van der Waals surface area contributed by atoms with Crippen molar-refractivity contribution < 1.29 is 19.8 Å². The number of carbonyl (C=O) groups is 2. The van der Waals surface area contributed by atoms with Gasteiger partial charge in [0.05, 0.1) is 17.3 Å². The number of hydrogen-bond acceptors (Lipinski definition) is 5. The highest BCUT2D eigenvalue weighted by molar-refractivity contribution is 6.51. The summed E-state index contributed by atoms with van der Waals surface area (Å²) < 4.78 is 0. The van der Waals surface area contributed by atoms with Gasteiger partial charge in [-0.25, -0.2) is 0 Å². The molecule has 6 nitrogen and oxygen atoms in total. The molecule has 0 saturated carbocycles. The zero-order valence-corrected chi connectivity index (χ0v) is 16.3. The number of phenolic OH excluding ortho intramolecular Hbond substituents is 1. The van der Waals surface area contributed by atoms with Crippen LogP contribution in [0.2, 0.25) is 0 Å². The summed E-state index contributed by atoms with van der Waals surface area (Å²) in [6.07, 6.45) is 3.95. The minimum absolute atomic E-state index is 0.0290. The number of Topliss-reactive ketones (excluding diaryl/α,β-unsaturated/α-hetero) is 1. The quantitative estimate of drug-likeness (QED) is 0.393. The molecule has 6 heteroatoms. The molecule has 3 aromatic rings. The van der Waals surface area contributed by atoms with Gasteiger partial charge in [-0.1, -0.05) is 43.3 Å². The second-order valence-electron chi connectivity index (χ2n) is 6.99. The Labute approximate surface area is 173 Å². The average Bonchev–Trinajstić information content (AvgIpc) is 3.05. The summed E-state index contributed by atoms with van der Waals surface area (Å²) in [5, 5.41) is 21.4. The van der Waals surface area contributed by atoms with E-state index in [1.807, 2.05) is 19.1 Å². The highest BCUT2D eigenvalue weighted by atomic mass is 16.3. The number of pyridine rings is 1. The third-order valence-electron chi connectivity index (χ3n) is 5.24. The number of aryl methyl sites for hydroxylation is 1. The van der Waals surface area contributed by atoms with Crippen molar-refractivity contribution in [2.24, 2.45) is 0 Å². The van der Waals surface area contributed by atoms with E-state index in [9.17, 15) is 19.8 Å². The predicted molar refractivity (Wildman–Crippen MR) is 113 cm³/mol. The van der Waals surface area contributed by atoms with Gasteiger partial charge in [0.1, 0.15) is 11.5 Å². The molecule has 2 N–H and O–H groups in total. The van der Waals surface area contributed by atoms with Crippen molar-refractivity contribution in [1.82, 2.24) is 4.98 Å². The molecule has 0 spiro atoms. The number of nitrogens with zero attached hydrogens (tertiary/aromatic N) is 2. The van der Waals surface area contributed by atoms with E-state index in [0.29, 0.717) is 11.1 Å². The monoisotopic (exact) mass is 400 g/mol. The molecule has 1 fully saturated rings. The summed E-state index contributed by atoms with van der Waals surface area (Å²) in [4.78, 5) is 31.2. The van der Waals surface area contributed by atoms with E-state index in [1.54, 1.807) is 54.9 Å². The fraction of sp³-hybridized carbons (Fsp3) is 0.125. The molecule has 1 atom stereocenters. The molecule has 0 bridgehead atoms. The van der Waals surface area contributed by atoms with Crippen molar-refractivity contribution in [1.29, 1.82) is 0 Å². The lowest BCUT2D eigenvalue weighted by Gasteiger charge is -2.25. The van der Waals surface area contributed by atoms with Gasteiger partial charge in [0, 0.05) is 18.0 Å². The fourth-order valence-electron chi connectivity index (χ4n) is 3.66. The summed E-state index contributed by atoms with van der Waals surface area (Å²) >= 11 is 0. The van der Waals surface area contributed by atoms with Crippen molar-refractivity contribution in [2.45, 2.75) is 19.4 Å². The van der Waals surface area contributed by atoms with Gasteiger partial charge >= 0.3 is 0 Å². The second kappa shape index (κ2) is 7.83. The van der Waals surface area contributed by atoms with E-state index >= 15 is 0 Å². The fourth-order valence-corrected chi connectivity index (χ4v) is 3.66. The van der Waals surface area contributed by atoms with Gasteiger partial charge in [-0.2, -0.15) is 0 Å². The van der Waals surface area contributed by atoms with Gasteiger partial charge < -0.3 is 10.2 Å². The molecule has 30 heavy (non-hydrogen) atoms. The van der Waals surface area contributed by atoms with E-state index in [0.717, 1.165) is 12.0 Å². The van der Waals surface area contributed by atoms with Crippen molar-refractivity contribution in [3.63, 3.8) is 0 Å². The normalized spacial score (nSPS) is 18.0. The van der Waals surface area contributed by atoms with Crippen LogP contribution in [0.1, 0.15) is 29.7 Å². The van der Waals surface area contributed by atoms with E-state index in [2.05, 4.69) is 4.98 Å².